The highest BCUT2D eigenvalue weighted by Crippen LogP contribution is 2.56. The Morgan fingerprint density at radius 2 is 1.70 bits per heavy atom. The maximum Gasteiger partial charge on any atom is 0.303 e. The second-order valence-corrected chi connectivity index (χ2v) is 13.6. The summed E-state index contributed by atoms with van der Waals surface area (Å²) in [5.41, 5.74) is 8.73. The van der Waals surface area contributed by atoms with Crippen LogP contribution in [0.4, 0.5) is 0 Å². The molecule has 5 N–H and O–H groups in total. The first-order valence-electron chi connectivity index (χ1n) is 15.5. The van der Waals surface area contributed by atoms with Gasteiger partial charge >= 0.3 is 11.9 Å². The molecular weight excluding hydrogens is 580 g/mol. The van der Waals surface area contributed by atoms with Gasteiger partial charge in [0, 0.05) is 66.1 Å². The van der Waals surface area contributed by atoms with E-state index in [1.54, 1.807) is 11.8 Å². The summed E-state index contributed by atoms with van der Waals surface area (Å²) in [6.45, 7) is 9.94. The van der Waals surface area contributed by atoms with Crippen molar-refractivity contribution in [2.24, 2.45) is 10.9 Å². The highest BCUT2D eigenvalue weighted by molar-refractivity contribution is 8.08. The van der Waals surface area contributed by atoms with Gasteiger partial charge in [-0.3, -0.25) is 24.2 Å². The maximum atomic E-state index is 12.8. The summed E-state index contributed by atoms with van der Waals surface area (Å²) in [5.74, 6) is -0.658. The fourth-order valence-electron chi connectivity index (χ4n) is 7.23. The van der Waals surface area contributed by atoms with Crippen molar-refractivity contribution in [1.29, 1.82) is 0 Å². The second-order valence-electron chi connectivity index (χ2n) is 12.3. The van der Waals surface area contributed by atoms with Crippen LogP contribution in [0.3, 0.4) is 0 Å². The van der Waals surface area contributed by atoms with Crippen LogP contribution in [0.25, 0.3) is 0 Å². The van der Waals surface area contributed by atoms with E-state index in [2.05, 4.69) is 22.5 Å². The van der Waals surface area contributed by atoms with Crippen LogP contribution >= 0.6 is 11.8 Å². The molecule has 2 saturated heterocycles. The van der Waals surface area contributed by atoms with Crippen LogP contribution in [0.2, 0.25) is 0 Å². The van der Waals surface area contributed by atoms with Gasteiger partial charge in [0.15, 0.2) is 0 Å². The van der Waals surface area contributed by atoms with Crippen molar-refractivity contribution in [2.75, 3.05) is 5.75 Å². The third-order valence-corrected chi connectivity index (χ3v) is 11.2. The molecule has 1 spiro atoms. The number of aliphatic carboxylic acids is 2. The molecule has 0 radical (unpaired) electrons. The molecule has 4 aliphatic rings. The molecule has 4 atom stereocenters. The number of thioether (sulfide) groups is 1. The molecule has 0 bridgehead atoms. The summed E-state index contributed by atoms with van der Waals surface area (Å²) in [5, 5.41) is 25.1. The highest BCUT2D eigenvalue weighted by Gasteiger charge is 2.63. The van der Waals surface area contributed by atoms with Crippen molar-refractivity contribution < 1.29 is 29.4 Å². The van der Waals surface area contributed by atoms with Crippen LogP contribution in [0.15, 0.2) is 39.1 Å². The molecule has 0 aliphatic carbocycles. The number of carboxylic acids is 2. The van der Waals surface area contributed by atoms with Crippen LogP contribution < -0.4 is 10.6 Å². The Kier molecular flexibility index (Phi) is 8.98. The summed E-state index contributed by atoms with van der Waals surface area (Å²) < 4.78 is -0.302. The molecule has 236 valence electrons. The minimum atomic E-state index is -0.888. The van der Waals surface area contributed by atoms with Crippen molar-refractivity contribution in [3.05, 3.63) is 56.6 Å². The van der Waals surface area contributed by atoms with E-state index in [1.165, 1.54) is 0 Å². The molecular formula is C33H42N4O6S. The smallest absolute Gasteiger partial charge is 0.303 e. The normalized spacial score (nSPS) is 27.1. The van der Waals surface area contributed by atoms with Gasteiger partial charge in [0.2, 0.25) is 5.91 Å². The number of aromatic amines is 1. The summed E-state index contributed by atoms with van der Waals surface area (Å²) >= 11 is 1.72. The number of rotatable bonds is 13. The number of nitrogens with one attached hydrogen (secondary N) is 3. The Morgan fingerprint density at radius 1 is 1.02 bits per heavy atom. The number of aromatic nitrogens is 1. The van der Waals surface area contributed by atoms with Crippen LogP contribution in [0, 0.1) is 12.8 Å². The number of aliphatic imine (C=N–C) groups is 1. The monoisotopic (exact) mass is 622 g/mol. The zero-order valence-corrected chi connectivity index (χ0v) is 26.9. The van der Waals surface area contributed by atoms with Crippen molar-refractivity contribution in [3.8, 4) is 0 Å². The van der Waals surface area contributed by atoms with Crippen LogP contribution in [-0.4, -0.2) is 67.2 Å². The van der Waals surface area contributed by atoms with Crippen LogP contribution in [0.1, 0.15) is 82.3 Å². The number of nitrogens with zero attached hydrogens (tertiary/aromatic N) is 1. The zero-order valence-electron chi connectivity index (χ0n) is 26.1. The average molecular weight is 623 g/mol. The van der Waals surface area contributed by atoms with Crippen LogP contribution in [-0.2, 0) is 38.4 Å². The van der Waals surface area contributed by atoms with E-state index in [4.69, 9.17) is 4.99 Å². The summed E-state index contributed by atoms with van der Waals surface area (Å²) in [7, 11) is 0. The highest BCUT2D eigenvalue weighted by atomic mass is 32.2. The van der Waals surface area contributed by atoms with E-state index in [1.807, 2.05) is 33.8 Å². The van der Waals surface area contributed by atoms with Crippen molar-refractivity contribution in [3.63, 3.8) is 0 Å². The minimum absolute atomic E-state index is 0.00180. The fraction of sp³-hybridized carbons (Fsp3) is 0.545. The van der Waals surface area contributed by atoms with Gasteiger partial charge in [-0.2, -0.15) is 0 Å². The molecule has 5 heterocycles. The number of H-pyrrole nitrogens is 1. The molecule has 2 amide bonds. The molecule has 1 aromatic heterocycles. The molecule has 4 aliphatic heterocycles. The quantitative estimate of drug-likeness (QED) is 0.206. The Hall–Kier alpha value is -3.60. The maximum absolute atomic E-state index is 12.8. The van der Waals surface area contributed by atoms with Crippen LogP contribution in [0.5, 0.6) is 0 Å². The van der Waals surface area contributed by atoms with Crippen molar-refractivity contribution in [2.45, 2.75) is 103 Å². The van der Waals surface area contributed by atoms with Gasteiger partial charge in [-0.05, 0) is 80.4 Å². The standard InChI is InChI=1S/C33H42N4O6S/c1-6-19-16(3)25(36-31(19)42)12-23-17(4)20(8-10-29(38)39)26(34-23)14-27-21(9-11-30(40)41)18(5)24(35-27)13-28-22(7-2)33(15-44-33)32(43)37-28/h12,22,26,28,35H,6-11,13-15H2,1-5H3,(H,36,42)(H,37,43)(H,38,39)(H,40,41)/b25-12-/t22-,26?,28?,33-/m0/s1. The summed E-state index contributed by atoms with van der Waals surface area (Å²) in [6, 6.07) is -0.328. The number of amides is 2. The van der Waals surface area contributed by atoms with E-state index in [0.29, 0.717) is 43.5 Å². The van der Waals surface area contributed by atoms with Gasteiger partial charge in [-0.1, -0.05) is 13.8 Å². The molecule has 1 aromatic rings. The fourth-order valence-corrected chi connectivity index (χ4v) is 8.47. The Bertz CT molecular complexity index is 1540. The van der Waals surface area contributed by atoms with Gasteiger partial charge in [-0.25, -0.2) is 0 Å². The van der Waals surface area contributed by atoms with Gasteiger partial charge < -0.3 is 25.8 Å². The lowest BCUT2D eigenvalue weighted by Crippen LogP contribution is -2.31. The van der Waals surface area contributed by atoms with Gasteiger partial charge in [0.05, 0.1) is 11.8 Å². The Balaban J connectivity index is 1.47. The zero-order chi connectivity index (χ0) is 31.9. The van der Waals surface area contributed by atoms with E-state index < -0.39 is 11.9 Å². The molecule has 5 rings (SSSR count). The summed E-state index contributed by atoms with van der Waals surface area (Å²) in [6.07, 6.45) is 5.15. The molecule has 2 fully saturated rings. The number of carboxylic acid groups (broad SMARTS) is 2. The predicted octanol–water partition coefficient (Wildman–Crippen LogP) is 4.18. The Morgan fingerprint density at radius 3 is 2.30 bits per heavy atom. The predicted molar refractivity (Wildman–Crippen MR) is 170 cm³/mol. The lowest BCUT2D eigenvalue weighted by Gasteiger charge is -2.20. The van der Waals surface area contributed by atoms with Crippen molar-refractivity contribution >= 4 is 41.2 Å². The second kappa shape index (κ2) is 12.4. The average Bonchev–Trinajstić information content (AvgIpc) is 3.46. The first-order chi connectivity index (χ1) is 20.9. The SMILES string of the molecule is CCC1=C(C)/C(=C/C2=NC(Cc3[nH]c(CC4NC(=O)[C@]5(CS5)[C@H]4CC)c(C)c3CCC(=O)O)C(CCC(=O)O)=C2C)NC1=O. The number of allylic oxidation sites excluding steroid dienone is 3. The third-order valence-electron chi connectivity index (χ3n) is 9.85. The number of hydrogen-bond donors (Lipinski definition) is 5. The largest absolute Gasteiger partial charge is 0.481 e. The summed E-state index contributed by atoms with van der Waals surface area (Å²) in [4.78, 5) is 57.0. The van der Waals surface area contributed by atoms with E-state index in [0.717, 1.165) is 57.0 Å². The lowest BCUT2D eigenvalue weighted by molar-refractivity contribution is -0.138. The first kappa shape index (κ1) is 31.8. The number of hydrogen-bond acceptors (Lipinski definition) is 6. The van der Waals surface area contributed by atoms with Crippen molar-refractivity contribution in [1.82, 2.24) is 15.6 Å². The van der Waals surface area contributed by atoms with Gasteiger partial charge in [-0.15, -0.1) is 11.8 Å². The van der Waals surface area contributed by atoms with Gasteiger partial charge in [0.25, 0.3) is 5.91 Å². The molecule has 0 saturated carbocycles. The minimum Gasteiger partial charge on any atom is -0.481 e. The third kappa shape index (κ3) is 5.90. The molecule has 2 unspecified atom stereocenters. The number of carbonyl (C=O) groups is 4. The van der Waals surface area contributed by atoms with E-state index in [-0.39, 0.29) is 47.4 Å². The molecule has 11 heteroatoms. The lowest BCUT2D eigenvalue weighted by atomic mass is 9.86. The molecule has 44 heavy (non-hydrogen) atoms. The number of carbonyl (C=O) groups excluding carboxylic acids is 2. The first-order valence-corrected chi connectivity index (χ1v) is 16.5. The molecule has 0 aromatic carbocycles. The van der Waals surface area contributed by atoms with E-state index >= 15 is 0 Å². The molecule has 10 nitrogen and oxygen atoms in total. The topological polar surface area (TPSA) is 161 Å². The van der Waals surface area contributed by atoms with Gasteiger partial charge in [0.1, 0.15) is 4.75 Å². The Labute approximate surface area is 261 Å². The van der Waals surface area contributed by atoms with E-state index in [9.17, 15) is 29.4 Å².